The Balaban J connectivity index is 1.25. The molecule has 1 aromatic heterocycles. The number of hydrogen-bond acceptors (Lipinski definition) is 2. The lowest BCUT2D eigenvalue weighted by Crippen LogP contribution is -2.45. The molecule has 0 spiro atoms. The van der Waals surface area contributed by atoms with E-state index in [0.717, 1.165) is 50.5 Å². The van der Waals surface area contributed by atoms with Gasteiger partial charge in [0.15, 0.2) is 0 Å². The molecule has 176 valence electrons. The highest BCUT2D eigenvalue weighted by Gasteiger charge is 2.58. The van der Waals surface area contributed by atoms with Gasteiger partial charge in [-0.1, -0.05) is 38.3 Å². The fourth-order valence-electron chi connectivity index (χ4n) is 8.24. The van der Waals surface area contributed by atoms with Crippen molar-refractivity contribution in [3.63, 3.8) is 0 Å². The van der Waals surface area contributed by atoms with E-state index in [9.17, 15) is 9.18 Å². The lowest BCUT2D eigenvalue weighted by molar-refractivity contribution is -0.122. The maximum absolute atomic E-state index is 14.6. The largest absolute Gasteiger partial charge is 0.353 e. The van der Waals surface area contributed by atoms with Gasteiger partial charge in [-0.2, -0.15) is 5.10 Å². The number of benzene rings is 1. The van der Waals surface area contributed by atoms with E-state index >= 15 is 0 Å². The number of nitrogens with one attached hydrogen (secondary N) is 2. The first-order valence-corrected chi connectivity index (χ1v) is 13.2. The molecule has 6 rings (SSSR count). The van der Waals surface area contributed by atoms with E-state index in [4.69, 9.17) is 5.10 Å². The maximum Gasteiger partial charge on any atom is 0.220 e. The summed E-state index contributed by atoms with van der Waals surface area (Å²) in [6.45, 7) is 2.40. The molecule has 2 saturated carbocycles. The van der Waals surface area contributed by atoms with Crippen LogP contribution in [0.3, 0.4) is 0 Å². The Bertz CT molecular complexity index is 1040. The summed E-state index contributed by atoms with van der Waals surface area (Å²) in [5.74, 6) is 1.96. The van der Waals surface area contributed by atoms with Crippen molar-refractivity contribution in [2.24, 2.45) is 11.8 Å². The summed E-state index contributed by atoms with van der Waals surface area (Å²) in [4.78, 5) is 12.9. The van der Waals surface area contributed by atoms with E-state index in [1.54, 1.807) is 6.07 Å². The Morgan fingerprint density at radius 2 is 2.03 bits per heavy atom. The highest BCUT2D eigenvalue weighted by Crippen LogP contribution is 2.64. The number of amides is 1. The molecule has 0 radical (unpaired) electrons. The second-order valence-electron chi connectivity index (χ2n) is 11.3. The number of aromatic nitrogens is 2. The predicted molar refractivity (Wildman–Crippen MR) is 127 cm³/mol. The number of carbonyl (C=O) groups excluding carboxylic acids is 1. The van der Waals surface area contributed by atoms with E-state index in [-0.39, 0.29) is 17.1 Å². The van der Waals surface area contributed by atoms with Crippen LogP contribution in [0.1, 0.15) is 105 Å². The van der Waals surface area contributed by atoms with E-state index in [0.29, 0.717) is 36.1 Å². The van der Waals surface area contributed by atoms with Crippen LogP contribution in [-0.2, 0) is 16.6 Å². The molecule has 5 heteroatoms. The molecule has 2 fully saturated rings. The van der Waals surface area contributed by atoms with Crippen molar-refractivity contribution in [2.45, 2.75) is 101 Å². The van der Waals surface area contributed by atoms with Crippen molar-refractivity contribution in [1.29, 1.82) is 0 Å². The highest BCUT2D eigenvalue weighted by molar-refractivity contribution is 5.76. The van der Waals surface area contributed by atoms with E-state index in [1.807, 2.05) is 6.07 Å². The summed E-state index contributed by atoms with van der Waals surface area (Å²) in [5, 5.41) is 11.2. The molecule has 1 heterocycles. The summed E-state index contributed by atoms with van der Waals surface area (Å²) in [6.07, 6.45) is 13.6. The molecule has 4 aliphatic carbocycles. The fourth-order valence-corrected chi connectivity index (χ4v) is 8.24. The van der Waals surface area contributed by atoms with E-state index in [2.05, 4.69) is 29.6 Å². The van der Waals surface area contributed by atoms with Crippen LogP contribution in [0.4, 0.5) is 4.39 Å². The van der Waals surface area contributed by atoms with Crippen molar-refractivity contribution in [3.05, 3.63) is 52.6 Å². The highest BCUT2D eigenvalue weighted by atomic mass is 19.1. The van der Waals surface area contributed by atoms with Gasteiger partial charge in [0.25, 0.3) is 0 Å². The third kappa shape index (κ3) is 3.45. The lowest BCUT2D eigenvalue weighted by Gasteiger charge is -2.50. The van der Waals surface area contributed by atoms with Gasteiger partial charge in [-0.15, -0.1) is 0 Å². The van der Waals surface area contributed by atoms with Gasteiger partial charge in [0, 0.05) is 24.1 Å². The van der Waals surface area contributed by atoms with Gasteiger partial charge in [0.05, 0.1) is 5.69 Å². The second-order valence-corrected chi connectivity index (χ2v) is 11.3. The number of halogens is 1. The average molecular weight is 450 g/mol. The smallest absolute Gasteiger partial charge is 0.220 e. The fraction of sp³-hybridized carbons (Fsp3) is 0.643. The molecular weight excluding hydrogens is 413 g/mol. The molecule has 3 unspecified atom stereocenters. The summed E-state index contributed by atoms with van der Waals surface area (Å²) in [5.41, 5.74) is 4.80. The Hall–Kier alpha value is -2.17. The third-order valence-electron chi connectivity index (χ3n) is 9.67. The quantitative estimate of drug-likeness (QED) is 0.612. The summed E-state index contributed by atoms with van der Waals surface area (Å²) in [6, 6.07) is 6.04. The van der Waals surface area contributed by atoms with Crippen LogP contribution in [0.25, 0.3) is 0 Å². The number of carbonyl (C=O) groups is 1. The Kier molecular flexibility index (Phi) is 5.34. The number of rotatable bonds is 4. The number of fused-ring (bicyclic) bond motifs is 7. The minimum absolute atomic E-state index is 0.0326. The average Bonchev–Trinajstić information content (AvgIpc) is 3.39. The SMILES string of the molecule is C[C@]12CCC3c4cccc(F)c4CCC3C1[C@H](CCC(=O)NC1CCCCC1)c1c[nH]nc12. The maximum atomic E-state index is 14.6. The van der Waals surface area contributed by atoms with Gasteiger partial charge in [0.1, 0.15) is 5.82 Å². The van der Waals surface area contributed by atoms with Crippen molar-refractivity contribution in [3.8, 4) is 0 Å². The first-order chi connectivity index (χ1) is 16.1. The van der Waals surface area contributed by atoms with Crippen LogP contribution in [0.5, 0.6) is 0 Å². The Morgan fingerprint density at radius 3 is 2.88 bits per heavy atom. The van der Waals surface area contributed by atoms with Crippen LogP contribution >= 0.6 is 0 Å². The summed E-state index contributed by atoms with van der Waals surface area (Å²) in [7, 11) is 0. The Morgan fingerprint density at radius 1 is 1.18 bits per heavy atom. The monoisotopic (exact) mass is 449 g/mol. The van der Waals surface area contributed by atoms with Crippen LogP contribution in [0, 0.1) is 17.7 Å². The molecule has 1 amide bonds. The van der Waals surface area contributed by atoms with Crippen LogP contribution in [0.2, 0.25) is 0 Å². The molecule has 33 heavy (non-hydrogen) atoms. The van der Waals surface area contributed by atoms with E-state index in [1.165, 1.54) is 36.1 Å². The molecular formula is C28H36FN3O. The van der Waals surface area contributed by atoms with Crippen molar-refractivity contribution >= 4 is 5.91 Å². The Labute approximate surface area is 196 Å². The second kappa shape index (κ2) is 8.25. The zero-order chi connectivity index (χ0) is 22.6. The van der Waals surface area contributed by atoms with Crippen molar-refractivity contribution < 1.29 is 9.18 Å². The first kappa shape index (κ1) is 21.4. The predicted octanol–water partition coefficient (Wildman–Crippen LogP) is 5.89. The molecule has 2 N–H and O–H groups in total. The molecule has 1 aromatic carbocycles. The molecule has 0 saturated heterocycles. The van der Waals surface area contributed by atoms with Gasteiger partial charge >= 0.3 is 0 Å². The van der Waals surface area contributed by atoms with Crippen LogP contribution in [-0.4, -0.2) is 22.1 Å². The van der Waals surface area contributed by atoms with Gasteiger partial charge in [-0.05, 0) is 91.4 Å². The van der Waals surface area contributed by atoms with Gasteiger partial charge in [0.2, 0.25) is 5.91 Å². The van der Waals surface area contributed by atoms with Gasteiger partial charge in [-0.25, -0.2) is 4.39 Å². The number of H-pyrrole nitrogens is 1. The van der Waals surface area contributed by atoms with Gasteiger partial charge < -0.3 is 5.32 Å². The number of aromatic amines is 1. The topological polar surface area (TPSA) is 57.8 Å². The molecule has 0 bridgehead atoms. The van der Waals surface area contributed by atoms with Gasteiger partial charge in [-0.3, -0.25) is 9.89 Å². The zero-order valence-electron chi connectivity index (χ0n) is 19.7. The summed E-state index contributed by atoms with van der Waals surface area (Å²) < 4.78 is 14.6. The summed E-state index contributed by atoms with van der Waals surface area (Å²) >= 11 is 0. The molecule has 2 aromatic rings. The van der Waals surface area contributed by atoms with Crippen LogP contribution in [0.15, 0.2) is 24.4 Å². The normalized spacial score (nSPS) is 33.0. The minimum atomic E-state index is -0.0326. The van der Waals surface area contributed by atoms with E-state index < -0.39 is 0 Å². The molecule has 4 aliphatic rings. The van der Waals surface area contributed by atoms with Crippen LogP contribution < -0.4 is 5.32 Å². The minimum Gasteiger partial charge on any atom is -0.353 e. The number of nitrogens with zero attached hydrogens (tertiary/aromatic N) is 1. The van der Waals surface area contributed by atoms with Crippen molar-refractivity contribution in [2.75, 3.05) is 0 Å². The molecule has 4 nitrogen and oxygen atoms in total. The lowest BCUT2D eigenvalue weighted by atomic mass is 9.53. The number of hydrogen-bond donors (Lipinski definition) is 2. The van der Waals surface area contributed by atoms with Crippen molar-refractivity contribution in [1.82, 2.24) is 15.5 Å². The first-order valence-electron chi connectivity index (χ1n) is 13.2. The zero-order valence-corrected chi connectivity index (χ0v) is 19.7. The molecule has 5 atom stereocenters. The molecule has 0 aliphatic heterocycles. The standard InChI is InChI=1S/C28H36FN3O/c1-28-15-14-19-18-8-5-9-24(29)20(18)10-11-21(19)26(28)22(23-16-30-32-27(23)28)12-13-25(33)31-17-6-3-2-4-7-17/h5,8-9,16-17,19,21-22,26H,2-4,6-7,10-15H2,1H3,(H,30,32)(H,31,33)/t19?,21?,22-,26?,28+/m1/s1. The third-order valence-corrected chi connectivity index (χ3v) is 9.67.